The number of nitrogens with one attached hydrogen (secondary N) is 1. The van der Waals surface area contributed by atoms with Gasteiger partial charge in [0.25, 0.3) is 0 Å². The largest absolute Gasteiger partial charge is 0.351 e. The molecule has 0 spiro atoms. The van der Waals surface area contributed by atoms with E-state index in [-0.39, 0.29) is 18.3 Å². The van der Waals surface area contributed by atoms with Crippen LogP contribution in [-0.4, -0.2) is 24.0 Å². The average Bonchev–Trinajstić information content (AvgIpc) is 2.28. The number of rotatable bonds is 6. The fourth-order valence-electron chi connectivity index (χ4n) is 1.13. The van der Waals surface area contributed by atoms with Gasteiger partial charge in [-0.15, -0.1) is 0 Å². The number of carbonyl (C=O) groups excluding carboxylic acids is 1. The minimum atomic E-state index is -0.294. The number of benzene rings is 1. The van der Waals surface area contributed by atoms with Gasteiger partial charge in [-0.2, -0.15) is 11.8 Å². The highest BCUT2D eigenvalue weighted by molar-refractivity contribution is 7.99. The van der Waals surface area contributed by atoms with Crippen LogP contribution in [-0.2, 0) is 11.3 Å². The minimum Gasteiger partial charge on any atom is -0.351 e. The summed E-state index contributed by atoms with van der Waals surface area (Å²) in [6, 6.07) is 6.40. The van der Waals surface area contributed by atoms with Crippen LogP contribution in [0.3, 0.4) is 0 Å². The summed E-state index contributed by atoms with van der Waals surface area (Å²) in [4.78, 5) is 11.3. The summed E-state index contributed by atoms with van der Waals surface area (Å²) < 4.78 is 13.2. The van der Waals surface area contributed by atoms with Gasteiger partial charge in [0, 0.05) is 24.4 Å². The van der Waals surface area contributed by atoms with Crippen molar-refractivity contribution in [3.05, 3.63) is 35.6 Å². The summed E-state index contributed by atoms with van der Waals surface area (Å²) in [5.74, 6) is 0.734. The normalized spacial score (nSPS) is 10.1. The Morgan fingerprint density at radius 3 is 2.88 bits per heavy atom. The van der Waals surface area contributed by atoms with Crippen molar-refractivity contribution in [2.24, 2.45) is 5.73 Å². The third kappa shape index (κ3) is 4.63. The van der Waals surface area contributed by atoms with Crippen molar-refractivity contribution in [3.63, 3.8) is 0 Å². The molecule has 5 heteroatoms. The number of halogens is 1. The van der Waals surface area contributed by atoms with Crippen LogP contribution in [0.4, 0.5) is 4.39 Å². The molecule has 1 aromatic carbocycles. The summed E-state index contributed by atoms with van der Waals surface area (Å²) in [5, 5.41) is 2.66. The molecule has 3 N–H and O–H groups in total. The number of hydrogen-bond acceptors (Lipinski definition) is 3. The SMILES string of the molecule is NCCSCC(=O)NCc1ccccc1F. The maximum atomic E-state index is 13.2. The molecule has 0 atom stereocenters. The first-order valence-electron chi connectivity index (χ1n) is 5.02. The molecular weight excluding hydrogens is 227 g/mol. The molecule has 0 bridgehead atoms. The van der Waals surface area contributed by atoms with E-state index in [1.54, 1.807) is 18.2 Å². The van der Waals surface area contributed by atoms with Gasteiger partial charge in [-0.25, -0.2) is 4.39 Å². The van der Waals surface area contributed by atoms with Gasteiger partial charge in [0.05, 0.1) is 5.75 Å². The van der Waals surface area contributed by atoms with E-state index >= 15 is 0 Å². The third-order valence-electron chi connectivity index (χ3n) is 1.93. The van der Waals surface area contributed by atoms with E-state index in [1.165, 1.54) is 17.8 Å². The molecule has 0 unspecified atom stereocenters. The Hall–Kier alpha value is -1.07. The molecular formula is C11H15FN2OS. The number of nitrogens with two attached hydrogens (primary N) is 1. The Labute approximate surface area is 98.6 Å². The highest BCUT2D eigenvalue weighted by Gasteiger charge is 2.03. The molecule has 0 saturated heterocycles. The van der Waals surface area contributed by atoms with Crippen LogP contribution in [0.25, 0.3) is 0 Å². The number of thioether (sulfide) groups is 1. The van der Waals surface area contributed by atoms with Gasteiger partial charge >= 0.3 is 0 Å². The molecule has 0 radical (unpaired) electrons. The zero-order valence-electron chi connectivity index (χ0n) is 8.91. The first-order chi connectivity index (χ1) is 7.74. The van der Waals surface area contributed by atoms with E-state index in [1.807, 2.05) is 0 Å². The lowest BCUT2D eigenvalue weighted by Gasteiger charge is -2.05. The van der Waals surface area contributed by atoms with Crippen molar-refractivity contribution in [3.8, 4) is 0 Å². The topological polar surface area (TPSA) is 55.1 Å². The highest BCUT2D eigenvalue weighted by Crippen LogP contribution is 2.05. The lowest BCUT2D eigenvalue weighted by atomic mass is 10.2. The van der Waals surface area contributed by atoms with E-state index in [0.29, 0.717) is 17.9 Å². The van der Waals surface area contributed by atoms with Crippen molar-refractivity contribution in [1.29, 1.82) is 0 Å². The second-order valence-corrected chi connectivity index (χ2v) is 4.31. The molecule has 1 aromatic rings. The molecule has 0 aromatic heterocycles. The van der Waals surface area contributed by atoms with Gasteiger partial charge in [0.2, 0.25) is 5.91 Å². The minimum absolute atomic E-state index is 0.0956. The number of carbonyl (C=O) groups is 1. The van der Waals surface area contributed by atoms with Crippen molar-refractivity contribution < 1.29 is 9.18 Å². The molecule has 1 amide bonds. The van der Waals surface area contributed by atoms with Gasteiger partial charge < -0.3 is 11.1 Å². The van der Waals surface area contributed by atoms with Gasteiger partial charge in [-0.05, 0) is 6.07 Å². The fourth-order valence-corrected chi connectivity index (χ4v) is 1.73. The Bertz CT molecular complexity index is 347. The second kappa shape index (κ2) is 7.24. The van der Waals surface area contributed by atoms with Crippen molar-refractivity contribution in [2.45, 2.75) is 6.54 Å². The Morgan fingerprint density at radius 1 is 1.44 bits per heavy atom. The Kier molecular flexibility index (Phi) is 5.88. The number of hydrogen-bond donors (Lipinski definition) is 2. The lowest BCUT2D eigenvalue weighted by molar-refractivity contribution is -0.118. The van der Waals surface area contributed by atoms with E-state index in [2.05, 4.69) is 5.32 Å². The van der Waals surface area contributed by atoms with Crippen LogP contribution < -0.4 is 11.1 Å². The maximum Gasteiger partial charge on any atom is 0.230 e. The van der Waals surface area contributed by atoms with Crippen LogP contribution in [0.1, 0.15) is 5.56 Å². The van der Waals surface area contributed by atoms with Crippen LogP contribution in [0.2, 0.25) is 0 Å². The van der Waals surface area contributed by atoms with E-state index in [0.717, 1.165) is 5.75 Å². The van der Waals surface area contributed by atoms with E-state index in [9.17, 15) is 9.18 Å². The molecule has 0 aliphatic carbocycles. The lowest BCUT2D eigenvalue weighted by Crippen LogP contribution is -2.25. The first-order valence-corrected chi connectivity index (χ1v) is 6.17. The zero-order chi connectivity index (χ0) is 11.8. The van der Waals surface area contributed by atoms with Gasteiger partial charge in [0.1, 0.15) is 5.82 Å². The van der Waals surface area contributed by atoms with Gasteiger partial charge in [0.15, 0.2) is 0 Å². The van der Waals surface area contributed by atoms with Crippen LogP contribution in [0, 0.1) is 5.82 Å². The molecule has 0 fully saturated rings. The van der Waals surface area contributed by atoms with Gasteiger partial charge in [-0.1, -0.05) is 18.2 Å². The molecule has 88 valence electrons. The number of amides is 1. The van der Waals surface area contributed by atoms with E-state index < -0.39 is 0 Å². The van der Waals surface area contributed by atoms with Crippen LogP contribution >= 0.6 is 11.8 Å². The molecule has 0 aliphatic rings. The van der Waals surface area contributed by atoms with Crippen molar-refractivity contribution in [2.75, 3.05) is 18.1 Å². The maximum absolute atomic E-state index is 13.2. The molecule has 0 aliphatic heterocycles. The van der Waals surface area contributed by atoms with Crippen LogP contribution in [0.5, 0.6) is 0 Å². The van der Waals surface area contributed by atoms with Crippen LogP contribution in [0.15, 0.2) is 24.3 Å². The summed E-state index contributed by atoms with van der Waals surface area (Å²) in [5.41, 5.74) is 5.80. The predicted molar refractivity (Wildman–Crippen MR) is 64.6 cm³/mol. The molecule has 16 heavy (non-hydrogen) atoms. The highest BCUT2D eigenvalue weighted by atomic mass is 32.2. The average molecular weight is 242 g/mol. The standard InChI is InChI=1S/C11H15FN2OS/c12-10-4-2-1-3-9(10)7-14-11(15)8-16-6-5-13/h1-4H,5-8,13H2,(H,14,15). The predicted octanol–water partition coefficient (Wildman–Crippen LogP) is 1.13. The molecule has 3 nitrogen and oxygen atoms in total. The summed E-state index contributed by atoms with van der Waals surface area (Å²) in [7, 11) is 0. The molecule has 1 rings (SSSR count). The van der Waals surface area contributed by atoms with Crippen molar-refractivity contribution >= 4 is 17.7 Å². The second-order valence-electron chi connectivity index (χ2n) is 3.21. The van der Waals surface area contributed by atoms with E-state index in [4.69, 9.17) is 5.73 Å². The molecule has 0 saturated carbocycles. The first kappa shape index (κ1) is 13.0. The quantitative estimate of drug-likeness (QED) is 0.735. The Morgan fingerprint density at radius 2 is 2.19 bits per heavy atom. The molecule has 0 heterocycles. The third-order valence-corrected chi connectivity index (χ3v) is 2.92. The summed E-state index contributed by atoms with van der Waals surface area (Å²) in [6.45, 7) is 0.792. The monoisotopic (exact) mass is 242 g/mol. The zero-order valence-corrected chi connectivity index (χ0v) is 9.73. The fraction of sp³-hybridized carbons (Fsp3) is 0.364. The smallest absolute Gasteiger partial charge is 0.230 e. The van der Waals surface area contributed by atoms with Gasteiger partial charge in [-0.3, -0.25) is 4.79 Å². The summed E-state index contributed by atoms with van der Waals surface area (Å²) in [6.07, 6.45) is 0. The Balaban J connectivity index is 2.29. The van der Waals surface area contributed by atoms with Crippen molar-refractivity contribution in [1.82, 2.24) is 5.32 Å². The summed E-state index contributed by atoms with van der Waals surface area (Å²) >= 11 is 1.47.